The zero-order valence-electron chi connectivity index (χ0n) is 9.95. The monoisotopic (exact) mass is 310 g/mol. The molecule has 2 rings (SSSR count). The van der Waals surface area contributed by atoms with E-state index in [-0.39, 0.29) is 0 Å². The summed E-state index contributed by atoms with van der Waals surface area (Å²) < 4.78 is 5.96. The minimum Gasteiger partial charge on any atom is -0.497 e. The third kappa shape index (κ3) is 3.62. The number of carboxylic acid groups (broad SMARTS) is 1. The van der Waals surface area contributed by atoms with E-state index in [4.69, 9.17) is 22.1 Å². The molecule has 1 aliphatic heterocycles. The van der Waals surface area contributed by atoms with Gasteiger partial charge in [0.1, 0.15) is 10.7 Å². The lowest BCUT2D eigenvalue weighted by molar-refractivity contribution is -0.131. The summed E-state index contributed by atoms with van der Waals surface area (Å²) in [5, 5.41) is 10.5. The molecule has 0 unspecified atom stereocenters. The first kappa shape index (κ1) is 14.2. The topological polar surface area (TPSA) is 46.5 Å². The molecule has 1 aromatic carbocycles. The van der Waals surface area contributed by atoms with Crippen LogP contribution in [-0.4, -0.2) is 23.1 Å². The van der Waals surface area contributed by atoms with Gasteiger partial charge in [-0.3, -0.25) is 0 Å². The highest BCUT2D eigenvalue weighted by Gasteiger charge is 2.18. The number of benzene rings is 1. The van der Waals surface area contributed by atoms with Crippen molar-refractivity contribution in [1.29, 1.82) is 0 Å². The van der Waals surface area contributed by atoms with Crippen molar-refractivity contribution in [3.63, 3.8) is 0 Å². The second kappa shape index (κ2) is 6.27. The summed E-state index contributed by atoms with van der Waals surface area (Å²) in [7, 11) is 1.61. The van der Waals surface area contributed by atoms with Gasteiger partial charge in [-0.2, -0.15) is 0 Å². The van der Waals surface area contributed by atoms with Gasteiger partial charge in [0, 0.05) is 4.86 Å². The fourth-order valence-corrected chi connectivity index (χ4v) is 3.71. The fourth-order valence-electron chi connectivity index (χ4n) is 1.37. The highest BCUT2D eigenvalue weighted by molar-refractivity contribution is 8.28. The number of rotatable bonds is 4. The van der Waals surface area contributed by atoms with Crippen LogP contribution in [0, 0.1) is 0 Å². The number of ether oxygens (including phenoxy) is 1. The molecule has 0 bridgehead atoms. The number of carbonyl (C=O) groups is 1. The third-order valence-electron chi connectivity index (χ3n) is 2.33. The fraction of sp³-hybridized carbons (Fsp3) is 0.0769. The molecule has 0 amide bonds. The molecule has 98 valence electrons. The van der Waals surface area contributed by atoms with E-state index in [1.165, 1.54) is 23.5 Å². The van der Waals surface area contributed by atoms with Crippen LogP contribution in [0.3, 0.4) is 0 Å². The van der Waals surface area contributed by atoms with E-state index in [0.29, 0.717) is 9.77 Å². The SMILES string of the molecule is COc1ccc(C(=S)C=C2SC=C(C(=O)O)S2)cc1. The van der Waals surface area contributed by atoms with E-state index >= 15 is 0 Å². The van der Waals surface area contributed by atoms with E-state index in [0.717, 1.165) is 15.6 Å². The summed E-state index contributed by atoms with van der Waals surface area (Å²) in [5.41, 5.74) is 0.910. The molecule has 1 aromatic rings. The lowest BCUT2D eigenvalue weighted by atomic mass is 10.1. The largest absolute Gasteiger partial charge is 0.497 e. The molecule has 0 aliphatic carbocycles. The van der Waals surface area contributed by atoms with Gasteiger partial charge < -0.3 is 9.84 Å². The van der Waals surface area contributed by atoms with Gasteiger partial charge in [-0.05, 0) is 41.3 Å². The molecule has 0 radical (unpaired) electrons. The molecule has 0 atom stereocenters. The summed E-state index contributed by atoms with van der Waals surface area (Å²) in [6.07, 6.45) is 1.82. The standard InChI is InChI=1S/C13H10O3S3/c1-16-9-4-2-8(3-5-9)10(17)6-12-18-7-11(19-12)13(14)15/h2-7H,1H3,(H,14,15). The maximum absolute atomic E-state index is 10.8. The van der Waals surface area contributed by atoms with E-state index in [1.54, 1.807) is 12.5 Å². The van der Waals surface area contributed by atoms with Gasteiger partial charge in [0.15, 0.2) is 0 Å². The van der Waals surface area contributed by atoms with Crippen LogP contribution in [0.5, 0.6) is 5.75 Å². The number of aliphatic carboxylic acids is 1. The first-order valence-corrected chi connectivity index (χ1v) is 7.38. The predicted molar refractivity (Wildman–Crippen MR) is 83.7 cm³/mol. The number of thiocarbonyl (C=S) groups is 1. The van der Waals surface area contributed by atoms with Crippen molar-refractivity contribution in [3.8, 4) is 5.75 Å². The van der Waals surface area contributed by atoms with E-state index < -0.39 is 5.97 Å². The van der Waals surface area contributed by atoms with Crippen LogP contribution in [0.2, 0.25) is 0 Å². The van der Waals surface area contributed by atoms with E-state index in [1.807, 2.05) is 30.3 Å². The highest BCUT2D eigenvalue weighted by Crippen LogP contribution is 2.43. The number of hydrogen-bond donors (Lipinski definition) is 1. The lowest BCUT2D eigenvalue weighted by Crippen LogP contribution is -1.94. The van der Waals surface area contributed by atoms with Crippen LogP contribution in [-0.2, 0) is 4.79 Å². The summed E-state index contributed by atoms with van der Waals surface area (Å²) in [4.78, 5) is 11.8. The first-order valence-electron chi connectivity index (χ1n) is 5.28. The third-order valence-corrected chi connectivity index (χ3v) is 4.90. The Morgan fingerprint density at radius 1 is 1.37 bits per heavy atom. The average Bonchev–Trinajstić information content (AvgIpc) is 2.87. The Bertz CT molecular complexity index is 573. The number of methoxy groups -OCH3 is 1. The maximum atomic E-state index is 10.8. The minimum atomic E-state index is -0.906. The summed E-state index contributed by atoms with van der Waals surface area (Å²) in [5.74, 6) is -0.130. The molecule has 19 heavy (non-hydrogen) atoms. The normalized spacial score (nSPS) is 16.3. The molecule has 1 aliphatic rings. The predicted octanol–water partition coefficient (Wildman–Crippen LogP) is 3.66. The summed E-state index contributed by atoms with van der Waals surface area (Å²) in [6, 6.07) is 7.45. The smallest absolute Gasteiger partial charge is 0.343 e. The van der Waals surface area contributed by atoms with Crippen molar-refractivity contribution in [3.05, 3.63) is 50.5 Å². The van der Waals surface area contributed by atoms with Gasteiger partial charge in [-0.1, -0.05) is 35.7 Å². The second-order valence-corrected chi connectivity index (χ2v) is 6.26. The van der Waals surface area contributed by atoms with Gasteiger partial charge >= 0.3 is 5.97 Å². The summed E-state index contributed by atoms with van der Waals surface area (Å²) >= 11 is 7.93. The van der Waals surface area contributed by atoms with Crippen LogP contribution in [0.1, 0.15) is 5.56 Å². The van der Waals surface area contributed by atoms with Gasteiger partial charge in [0.25, 0.3) is 0 Å². The van der Waals surface area contributed by atoms with Gasteiger partial charge in [0.05, 0.1) is 11.3 Å². The minimum absolute atomic E-state index is 0.328. The van der Waals surface area contributed by atoms with Crippen LogP contribution in [0.15, 0.2) is 44.9 Å². The van der Waals surface area contributed by atoms with Crippen molar-refractivity contribution in [2.45, 2.75) is 0 Å². The Morgan fingerprint density at radius 3 is 2.58 bits per heavy atom. The molecule has 1 heterocycles. The van der Waals surface area contributed by atoms with Crippen molar-refractivity contribution < 1.29 is 14.6 Å². The Labute approximate surface area is 124 Å². The number of carboxylic acids is 1. The van der Waals surface area contributed by atoms with Crippen LogP contribution in [0.4, 0.5) is 0 Å². The maximum Gasteiger partial charge on any atom is 0.343 e. The van der Waals surface area contributed by atoms with E-state index in [9.17, 15) is 4.79 Å². The van der Waals surface area contributed by atoms with Crippen molar-refractivity contribution >= 4 is 46.6 Å². The number of hydrogen-bond acceptors (Lipinski definition) is 5. The molecule has 0 spiro atoms. The molecule has 0 saturated heterocycles. The zero-order valence-corrected chi connectivity index (χ0v) is 12.4. The zero-order chi connectivity index (χ0) is 13.8. The van der Waals surface area contributed by atoms with Crippen molar-refractivity contribution in [2.75, 3.05) is 7.11 Å². The summed E-state index contributed by atoms with van der Waals surface area (Å²) in [6.45, 7) is 0. The first-order chi connectivity index (χ1) is 9.10. The second-order valence-electron chi connectivity index (χ2n) is 3.56. The van der Waals surface area contributed by atoms with Crippen molar-refractivity contribution in [2.24, 2.45) is 0 Å². The Hall–Kier alpha value is -1.24. The molecular formula is C13H10O3S3. The lowest BCUT2D eigenvalue weighted by Gasteiger charge is -2.03. The molecular weight excluding hydrogens is 300 g/mol. The van der Waals surface area contributed by atoms with Gasteiger partial charge in [-0.25, -0.2) is 4.79 Å². The molecule has 0 fully saturated rings. The van der Waals surface area contributed by atoms with Gasteiger partial charge in [0.2, 0.25) is 0 Å². The Balaban J connectivity index is 2.07. The van der Waals surface area contributed by atoms with Crippen LogP contribution < -0.4 is 4.74 Å². The molecule has 1 N–H and O–H groups in total. The number of allylic oxidation sites excluding steroid dienone is 1. The molecule has 6 heteroatoms. The molecule has 0 saturated carbocycles. The quantitative estimate of drug-likeness (QED) is 0.520. The van der Waals surface area contributed by atoms with E-state index in [2.05, 4.69) is 0 Å². The van der Waals surface area contributed by atoms with Crippen LogP contribution in [0.25, 0.3) is 0 Å². The highest BCUT2D eigenvalue weighted by atomic mass is 32.2. The number of thioether (sulfide) groups is 2. The van der Waals surface area contributed by atoms with Crippen LogP contribution >= 0.6 is 35.7 Å². The Kier molecular flexibility index (Phi) is 4.68. The van der Waals surface area contributed by atoms with Crippen molar-refractivity contribution in [1.82, 2.24) is 0 Å². The Morgan fingerprint density at radius 2 is 2.05 bits per heavy atom. The molecule has 0 aromatic heterocycles. The average molecular weight is 310 g/mol. The van der Waals surface area contributed by atoms with Gasteiger partial charge in [-0.15, -0.1) is 0 Å². The molecule has 3 nitrogen and oxygen atoms in total.